The molecule has 0 spiro atoms. The minimum Gasteiger partial charge on any atom is -0.481 e. The van der Waals surface area contributed by atoms with E-state index in [0.717, 1.165) is 18.2 Å². The Balaban J connectivity index is 2.06. The van der Waals surface area contributed by atoms with Gasteiger partial charge in [-0.1, -0.05) is 0 Å². The first-order valence-electron chi connectivity index (χ1n) is 6.59. The Morgan fingerprint density at radius 2 is 1.95 bits per heavy atom. The van der Waals surface area contributed by atoms with E-state index in [9.17, 15) is 22.9 Å². The van der Waals surface area contributed by atoms with Gasteiger partial charge >= 0.3 is 5.97 Å². The molecule has 0 aliphatic heterocycles. The molecule has 1 aliphatic rings. The first kappa shape index (κ1) is 16.0. The first-order valence-corrected chi connectivity index (χ1v) is 7.91. The van der Waals surface area contributed by atoms with Gasteiger partial charge in [0.1, 0.15) is 11.6 Å². The van der Waals surface area contributed by atoms with Crippen LogP contribution in [-0.2, 0) is 15.6 Å². The number of aliphatic hydroxyl groups is 1. The van der Waals surface area contributed by atoms with Crippen LogP contribution in [-0.4, -0.2) is 31.7 Å². The molecule has 0 radical (unpaired) electrons. The zero-order valence-electron chi connectivity index (χ0n) is 11.2. The van der Waals surface area contributed by atoms with Crippen LogP contribution in [0.3, 0.4) is 0 Å². The van der Waals surface area contributed by atoms with Crippen LogP contribution in [0.15, 0.2) is 23.1 Å². The van der Waals surface area contributed by atoms with Gasteiger partial charge in [0.05, 0.1) is 33.0 Å². The van der Waals surface area contributed by atoms with Gasteiger partial charge in [-0.25, -0.2) is 8.78 Å². The maximum Gasteiger partial charge on any atom is 0.306 e. The van der Waals surface area contributed by atoms with Gasteiger partial charge in [-0.05, 0) is 43.9 Å². The number of hydrogen-bond donors (Lipinski definition) is 2. The highest BCUT2D eigenvalue weighted by Gasteiger charge is 2.37. The minimum absolute atomic E-state index is 0.187. The van der Waals surface area contributed by atoms with Crippen molar-refractivity contribution in [1.29, 1.82) is 0 Å². The van der Waals surface area contributed by atoms with Crippen LogP contribution in [0.2, 0.25) is 0 Å². The lowest BCUT2D eigenvalue weighted by Gasteiger charge is -2.34. The lowest BCUT2D eigenvalue weighted by molar-refractivity contribution is -0.144. The lowest BCUT2D eigenvalue weighted by atomic mass is 9.80. The predicted octanol–water partition coefficient (Wildman–Crippen LogP) is 2.08. The van der Waals surface area contributed by atoms with Crippen LogP contribution in [0, 0.1) is 17.6 Å². The number of benzene rings is 1. The number of hydrogen-bond acceptors (Lipinski definition) is 3. The van der Waals surface area contributed by atoms with Gasteiger partial charge in [-0.3, -0.25) is 9.00 Å². The van der Waals surface area contributed by atoms with Crippen LogP contribution in [0.25, 0.3) is 0 Å². The van der Waals surface area contributed by atoms with E-state index in [4.69, 9.17) is 5.11 Å². The van der Waals surface area contributed by atoms with Crippen LogP contribution < -0.4 is 0 Å². The fraction of sp³-hybridized carbons (Fsp3) is 0.500. The average Bonchev–Trinajstić information content (AvgIpc) is 2.41. The third-order valence-electron chi connectivity index (χ3n) is 3.80. The summed E-state index contributed by atoms with van der Waals surface area (Å²) in [7, 11) is -1.88. The maximum atomic E-state index is 13.5. The lowest BCUT2D eigenvalue weighted by Crippen LogP contribution is -2.40. The summed E-state index contributed by atoms with van der Waals surface area (Å²) in [4.78, 5) is 10.6. The topological polar surface area (TPSA) is 74.6 Å². The Kier molecular flexibility index (Phi) is 4.73. The van der Waals surface area contributed by atoms with E-state index >= 15 is 0 Å². The van der Waals surface area contributed by atoms with Gasteiger partial charge in [-0.15, -0.1) is 0 Å². The summed E-state index contributed by atoms with van der Waals surface area (Å²) >= 11 is 0. The smallest absolute Gasteiger partial charge is 0.306 e. The molecule has 1 aliphatic carbocycles. The second kappa shape index (κ2) is 6.19. The molecule has 21 heavy (non-hydrogen) atoms. The molecule has 1 atom stereocenters. The Bertz CT molecular complexity index is 568. The van der Waals surface area contributed by atoms with E-state index < -0.39 is 39.9 Å². The Labute approximate surface area is 123 Å². The Hall–Kier alpha value is -1.34. The van der Waals surface area contributed by atoms with Crippen molar-refractivity contribution in [3.05, 3.63) is 29.8 Å². The molecular weight excluding hydrogens is 302 g/mol. The molecule has 0 amide bonds. The molecule has 0 saturated heterocycles. The van der Waals surface area contributed by atoms with Crippen molar-refractivity contribution in [2.75, 3.05) is 5.75 Å². The molecule has 0 bridgehead atoms. The van der Waals surface area contributed by atoms with E-state index in [-0.39, 0.29) is 36.3 Å². The van der Waals surface area contributed by atoms with Gasteiger partial charge in [0.25, 0.3) is 0 Å². The largest absolute Gasteiger partial charge is 0.481 e. The average molecular weight is 318 g/mol. The van der Waals surface area contributed by atoms with Crippen LogP contribution >= 0.6 is 0 Å². The van der Waals surface area contributed by atoms with Crippen molar-refractivity contribution in [3.63, 3.8) is 0 Å². The van der Waals surface area contributed by atoms with Gasteiger partial charge < -0.3 is 10.2 Å². The molecule has 116 valence electrons. The van der Waals surface area contributed by atoms with Crippen molar-refractivity contribution in [1.82, 2.24) is 0 Å². The van der Waals surface area contributed by atoms with E-state index in [1.807, 2.05) is 0 Å². The first-order chi connectivity index (χ1) is 9.81. The van der Waals surface area contributed by atoms with Crippen molar-refractivity contribution < 1.29 is 28.0 Å². The molecule has 1 fully saturated rings. The highest BCUT2D eigenvalue weighted by molar-refractivity contribution is 7.85. The van der Waals surface area contributed by atoms with Gasteiger partial charge in [0.2, 0.25) is 0 Å². The maximum absolute atomic E-state index is 13.5. The standard InChI is InChI=1S/C14H16F2O4S/c15-10-1-2-11(16)12(7-10)21(20)8-14(19)5-3-9(4-6-14)13(17)18/h1-2,7,9,19H,3-6,8H2,(H,17,18). The summed E-state index contributed by atoms with van der Waals surface area (Å²) in [5.41, 5.74) is -1.30. The molecule has 1 aromatic carbocycles. The molecule has 1 saturated carbocycles. The molecule has 2 rings (SSSR count). The van der Waals surface area contributed by atoms with Gasteiger partial charge in [0.15, 0.2) is 0 Å². The third kappa shape index (κ3) is 3.85. The number of carbonyl (C=O) groups is 1. The van der Waals surface area contributed by atoms with E-state index in [1.165, 1.54) is 0 Å². The Morgan fingerprint density at radius 3 is 2.52 bits per heavy atom. The SMILES string of the molecule is O=C(O)C1CCC(O)(CS(=O)c2cc(F)ccc2F)CC1. The number of aliphatic carboxylic acids is 1. The van der Waals surface area contributed by atoms with E-state index in [0.29, 0.717) is 0 Å². The number of halogens is 2. The van der Waals surface area contributed by atoms with Crippen molar-refractivity contribution in [3.8, 4) is 0 Å². The highest BCUT2D eigenvalue weighted by atomic mass is 32.2. The van der Waals surface area contributed by atoms with Gasteiger partial charge in [-0.2, -0.15) is 0 Å². The molecule has 1 unspecified atom stereocenters. The molecule has 7 heteroatoms. The fourth-order valence-electron chi connectivity index (χ4n) is 2.52. The molecule has 1 aromatic rings. The van der Waals surface area contributed by atoms with E-state index in [2.05, 4.69) is 0 Å². The van der Waals surface area contributed by atoms with Crippen LogP contribution in [0.4, 0.5) is 8.78 Å². The van der Waals surface area contributed by atoms with Crippen molar-refractivity contribution >= 4 is 16.8 Å². The quantitative estimate of drug-likeness (QED) is 0.891. The zero-order valence-corrected chi connectivity index (χ0v) is 12.0. The summed E-state index contributed by atoms with van der Waals surface area (Å²) in [6.07, 6.45) is 0.947. The van der Waals surface area contributed by atoms with Crippen molar-refractivity contribution in [2.24, 2.45) is 5.92 Å². The predicted molar refractivity (Wildman–Crippen MR) is 72.2 cm³/mol. The number of carboxylic acid groups (broad SMARTS) is 1. The number of rotatable bonds is 4. The summed E-state index contributed by atoms with van der Waals surface area (Å²) in [6.45, 7) is 0. The molecule has 4 nitrogen and oxygen atoms in total. The second-order valence-corrected chi connectivity index (χ2v) is 6.82. The van der Waals surface area contributed by atoms with Crippen LogP contribution in [0.5, 0.6) is 0 Å². The summed E-state index contributed by atoms with van der Waals surface area (Å²) in [5.74, 6) is -3.11. The second-order valence-electron chi connectivity index (χ2n) is 5.40. The highest BCUT2D eigenvalue weighted by Crippen LogP contribution is 2.34. The van der Waals surface area contributed by atoms with Crippen LogP contribution in [0.1, 0.15) is 25.7 Å². The third-order valence-corrected chi connectivity index (χ3v) is 5.41. The molecule has 0 aromatic heterocycles. The van der Waals surface area contributed by atoms with E-state index in [1.54, 1.807) is 0 Å². The summed E-state index contributed by atoms with van der Waals surface area (Å²) in [5, 5.41) is 19.3. The summed E-state index contributed by atoms with van der Waals surface area (Å²) in [6, 6.07) is 2.69. The molecule has 0 heterocycles. The Morgan fingerprint density at radius 1 is 1.33 bits per heavy atom. The van der Waals surface area contributed by atoms with Gasteiger partial charge in [0, 0.05) is 0 Å². The van der Waals surface area contributed by atoms with Crippen molar-refractivity contribution in [2.45, 2.75) is 36.2 Å². The molecular formula is C14H16F2O4S. The molecule has 2 N–H and O–H groups in total. The number of carboxylic acids is 1. The fourth-order valence-corrected chi connectivity index (χ4v) is 3.98. The monoisotopic (exact) mass is 318 g/mol. The normalized spacial score (nSPS) is 27.3. The zero-order chi connectivity index (χ0) is 15.6. The minimum atomic E-state index is -1.88. The summed E-state index contributed by atoms with van der Waals surface area (Å²) < 4.78 is 38.8.